The van der Waals surface area contributed by atoms with Gasteiger partial charge in [-0.3, -0.25) is 0 Å². The minimum absolute atomic E-state index is 0.385. The maximum atomic E-state index is 10.5. The quantitative estimate of drug-likeness (QED) is 0.805. The summed E-state index contributed by atoms with van der Waals surface area (Å²) in [5.74, 6) is 0.385. The molecule has 0 spiro atoms. The van der Waals surface area contributed by atoms with Crippen LogP contribution in [-0.2, 0) is 13.1 Å². The summed E-state index contributed by atoms with van der Waals surface area (Å²) in [4.78, 5) is 8.18. The molecule has 2 heterocycles. The van der Waals surface area contributed by atoms with Crippen LogP contribution in [0.1, 0.15) is 27.8 Å². The molecule has 0 aliphatic carbocycles. The van der Waals surface area contributed by atoms with Crippen molar-refractivity contribution in [1.82, 2.24) is 19.1 Å². The number of nitrogens with zero attached hydrogens (tertiary/aromatic N) is 4. The van der Waals surface area contributed by atoms with E-state index in [0.717, 1.165) is 22.3 Å². The monoisotopic (exact) mass is 296 g/mol. The van der Waals surface area contributed by atoms with Crippen LogP contribution in [0.4, 0.5) is 0 Å². The molecule has 0 fully saturated rings. The standard InChI is InChI=1S/C17H20N4O/c1-12-15(8-20-6-4-18-10-20)13(2)17(22)14(3)16(12)9-21-7-5-19-11-21/h4-7,10-11,22H,8-9H2,1-3H3. The van der Waals surface area contributed by atoms with Crippen LogP contribution in [0.5, 0.6) is 5.75 Å². The van der Waals surface area contributed by atoms with E-state index in [0.29, 0.717) is 18.8 Å². The second kappa shape index (κ2) is 5.67. The normalized spacial score (nSPS) is 11.0. The zero-order chi connectivity index (χ0) is 15.7. The second-order valence-electron chi connectivity index (χ2n) is 5.65. The number of aromatic hydroxyl groups is 1. The number of hydrogen-bond donors (Lipinski definition) is 1. The third-order valence-electron chi connectivity index (χ3n) is 4.32. The van der Waals surface area contributed by atoms with Gasteiger partial charge < -0.3 is 14.2 Å². The first-order chi connectivity index (χ1) is 10.6. The van der Waals surface area contributed by atoms with Gasteiger partial charge in [-0.05, 0) is 48.6 Å². The molecule has 0 saturated heterocycles. The van der Waals surface area contributed by atoms with Crippen LogP contribution in [0, 0.1) is 20.8 Å². The maximum absolute atomic E-state index is 10.5. The summed E-state index contributed by atoms with van der Waals surface area (Å²) in [7, 11) is 0. The number of phenols is 1. The molecule has 0 aliphatic rings. The van der Waals surface area contributed by atoms with Crippen molar-refractivity contribution >= 4 is 0 Å². The van der Waals surface area contributed by atoms with Crippen molar-refractivity contribution < 1.29 is 5.11 Å². The molecule has 3 aromatic rings. The van der Waals surface area contributed by atoms with Gasteiger partial charge in [0.15, 0.2) is 0 Å². The number of phenolic OH excluding ortho intramolecular Hbond substituents is 1. The molecule has 0 amide bonds. The maximum Gasteiger partial charge on any atom is 0.122 e. The Morgan fingerprint density at radius 1 is 0.818 bits per heavy atom. The molecule has 0 atom stereocenters. The molecule has 1 aromatic carbocycles. The lowest BCUT2D eigenvalue weighted by Gasteiger charge is -2.20. The molecule has 0 radical (unpaired) electrons. The summed E-state index contributed by atoms with van der Waals surface area (Å²) < 4.78 is 4.04. The molecule has 5 heteroatoms. The molecule has 5 nitrogen and oxygen atoms in total. The fraction of sp³-hybridized carbons (Fsp3) is 0.294. The Kier molecular flexibility index (Phi) is 3.71. The SMILES string of the molecule is Cc1c(O)c(C)c(Cn2ccnc2)c(C)c1Cn1ccnc1. The Hall–Kier alpha value is -2.56. The zero-order valence-electron chi connectivity index (χ0n) is 13.1. The predicted molar refractivity (Wildman–Crippen MR) is 85.0 cm³/mol. The Bertz CT molecular complexity index is 710. The van der Waals surface area contributed by atoms with Crippen molar-refractivity contribution in [2.45, 2.75) is 33.9 Å². The molecular formula is C17H20N4O. The second-order valence-corrected chi connectivity index (χ2v) is 5.65. The van der Waals surface area contributed by atoms with Gasteiger partial charge >= 0.3 is 0 Å². The first-order valence-electron chi connectivity index (χ1n) is 7.30. The summed E-state index contributed by atoms with van der Waals surface area (Å²) in [5.41, 5.74) is 5.40. The molecule has 0 unspecified atom stereocenters. The lowest BCUT2D eigenvalue weighted by molar-refractivity contribution is 0.463. The minimum atomic E-state index is 0.385. The van der Waals surface area contributed by atoms with Crippen molar-refractivity contribution in [3.05, 3.63) is 65.3 Å². The molecule has 2 aromatic heterocycles. The number of imidazole rings is 2. The first kappa shape index (κ1) is 14.4. The van der Waals surface area contributed by atoms with Gasteiger partial charge in [0.05, 0.1) is 12.7 Å². The fourth-order valence-electron chi connectivity index (χ4n) is 2.91. The van der Waals surface area contributed by atoms with E-state index in [4.69, 9.17) is 0 Å². The summed E-state index contributed by atoms with van der Waals surface area (Å²) in [6, 6.07) is 0. The third-order valence-corrected chi connectivity index (χ3v) is 4.32. The number of benzene rings is 1. The van der Waals surface area contributed by atoms with Crippen molar-refractivity contribution in [2.75, 3.05) is 0 Å². The smallest absolute Gasteiger partial charge is 0.122 e. The lowest BCUT2D eigenvalue weighted by atomic mass is 9.92. The van der Waals surface area contributed by atoms with E-state index in [9.17, 15) is 5.11 Å². The average Bonchev–Trinajstić information content (AvgIpc) is 3.19. The molecule has 0 bridgehead atoms. The van der Waals surface area contributed by atoms with E-state index in [1.807, 2.05) is 35.4 Å². The van der Waals surface area contributed by atoms with Crippen LogP contribution < -0.4 is 0 Å². The minimum Gasteiger partial charge on any atom is -0.507 e. The summed E-state index contributed by atoms with van der Waals surface area (Å²) in [6.07, 6.45) is 11.0. The van der Waals surface area contributed by atoms with E-state index in [-0.39, 0.29) is 0 Å². The van der Waals surface area contributed by atoms with Crippen LogP contribution in [0.15, 0.2) is 37.4 Å². The number of rotatable bonds is 4. The van der Waals surface area contributed by atoms with E-state index in [1.165, 1.54) is 5.56 Å². The molecule has 3 rings (SSSR count). The molecule has 1 N–H and O–H groups in total. The van der Waals surface area contributed by atoms with E-state index < -0.39 is 0 Å². The van der Waals surface area contributed by atoms with E-state index in [1.54, 1.807) is 25.0 Å². The Balaban J connectivity index is 2.07. The Morgan fingerprint density at radius 2 is 1.27 bits per heavy atom. The van der Waals surface area contributed by atoms with Gasteiger partial charge in [0.1, 0.15) is 5.75 Å². The first-order valence-corrected chi connectivity index (χ1v) is 7.30. The zero-order valence-corrected chi connectivity index (χ0v) is 13.1. The number of aromatic nitrogens is 4. The summed E-state index contributed by atoms with van der Waals surface area (Å²) in [6.45, 7) is 7.49. The summed E-state index contributed by atoms with van der Waals surface area (Å²) in [5, 5.41) is 10.5. The van der Waals surface area contributed by atoms with Crippen LogP contribution in [0.25, 0.3) is 0 Å². The fourth-order valence-corrected chi connectivity index (χ4v) is 2.91. The van der Waals surface area contributed by atoms with Crippen molar-refractivity contribution in [3.63, 3.8) is 0 Å². The van der Waals surface area contributed by atoms with Gasteiger partial charge in [0.25, 0.3) is 0 Å². The van der Waals surface area contributed by atoms with Gasteiger partial charge in [0, 0.05) is 37.9 Å². The van der Waals surface area contributed by atoms with Crippen LogP contribution >= 0.6 is 0 Å². The van der Waals surface area contributed by atoms with Gasteiger partial charge in [-0.1, -0.05) is 0 Å². The lowest BCUT2D eigenvalue weighted by Crippen LogP contribution is -2.09. The highest BCUT2D eigenvalue weighted by atomic mass is 16.3. The molecule has 22 heavy (non-hydrogen) atoms. The van der Waals surface area contributed by atoms with Crippen LogP contribution in [0.3, 0.4) is 0 Å². The van der Waals surface area contributed by atoms with Gasteiger partial charge in [-0.2, -0.15) is 0 Å². The van der Waals surface area contributed by atoms with E-state index in [2.05, 4.69) is 16.9 Å². The van der Waals surface area contributed by atoms with Crippen molar-refractivity contribution in [1.29, 1.82) is 0 Å². The highest BCUT2D eigenvalue weighted by Gasteiger charge is 2.17. The third kappa shape index (κ3) is 2.50. The van der Waals surface area contributed by atoms with Gasteiger partial charge in [0.2, 0.25) is 0 Å². The molecule has 0 saturated carbocycles. The highest BCUT2D eigenvalue weighted by molar-refractivity contribution is 5.54. The van der Waals surface area contributed by atoms with Crippen LogP contribution in [0.2, 0.25) is 0 Å². The predicted octanol–water partition coefficient (Wildman–Crippen LogP) is 2.81. The van der Waals surface area contributed by atoms with Gasteiger partial charge in [-0.15, -0.1) is 0 Å². The molecular weight excluding hydrogens is 276 g/mol. The Morgan fingerprint density at radius 3 is 1.64 bits per heavy atom. The molecule has 114 valence electrons. The van der Waals surface area contributed by atoms with Crippen LogP contribution in [-0.4, -0.2) is 24.2 Å². The highest BCUT2D eigenvalue weighted by Crippen LogP contribution is 2.33. The largest absolute Gasteiger partial charge is 0.507 e. The number of hydrogen-bond acceptors (Lipinski definition) is 3. The Labute approximate surface area is 129 Å². The average molecular weight is 296 g/mol. The van der Waals surface area contributed by atoms with Crippen molar-refractivity contribution in [3.8, 4) is 5.75 Å². The summed E-state index contributed by atoms with van der Waals surface area (Å²) >= 11 is 0. The van der Waals surface area contributed by atoms with Crippen molar-refractivity contribution in [2.24, 2.45) is 0 Å². The topological polar surface area (TPSA) is 55.9 Å². The van der Waals surface area contributed by atoms with Gasteiger partial charge in [-0.25, -0.2) is 9.97 Å². The van der Waals surface area contributed by atoms with E-state index >= 15 is 0 Å². The molecule has 0 aliphatic heterocycles.